The number of benzene rings is 2. The molecule has 1 aromatic heterocycles. The summed E-state index contributed by atoms with van der Waals surface area (Å²) in [6, 6.07) is 10.3. The van der Waals surface area contributed by atoms with Crippen LogP contribution in [0.25, 0.3) is 0 Å². The van der Waals surface area contributed by atoms with Crippen LogP contribution in [0.3, 0.4) is 0 Å². The average molecular weight is 473 g/mol. The Morgan fingerprint density at radius 3 is 2.57 bits per heavy atom. The zero-order chi connectivity index (χ0) is 21.7. The summed E-state index contributed by atoms with van der Waals surface area (Å²) >= 11 is 13.4. The maximum atomic E-state index is 13.1. The van der Waals surface area contributed by atoms with Crippen LogP contribution >= 0.6 is 35.0 Å². The smallest absolute Gasteiger partial charge is 0.299 e. The molecule has 1 heterocycles. The van der Waals surface area contributed by atoms with E-state index in [1.807, 2.05) is 0 Å². The molecule has 0 fully saturated rings. The van der Waals surface area contributed by atoms with E-state index in [1.165, 1.54) is 13.3 Å². The molecule has 0 aliphatic rings. The SMILES string of the molecule is COc1ccc(/C=N/n2c(SC)nnc2C(F)F)cc1COc1c(Cl)cccc1Cl. The lowest BCUT2D eigenvalue weighted by atomic mass is 10.1. The Morgan fingerprint density at radius 2 is 1.93 bits per heavy atom. The van der Waals surface area contributed by atoms with E-state index in [0.29, 0.717) is 32.7 Å². The Morgan fingerprint density at radius 1 is 1.20 bits per heavy atom. The Hall–Kier alpha value is -2.36. The first-order valence-electron chi connectivity index (χ1n) is 8.50. The number of halogens is 4. The number of ether oxygens (including phenoxy) is 2. The van der Waals surface area contributed by atoms with Crippen LogP contribution in [-0.4, -0.2) is 34.5 Å². The predicted octanol–water partition coefficient (Wildman–Crippen LogP) is 5.71. The molecule has 0 spiro atoms. The lowest BCUT2D eigenvalue weighted by Gasteiger charge is -2.13. The van der Waals surface area contributed by atoms with Crippen molar-refractivity contribution < 1.29 is 18.3 Å². The molecule has 0 saturated heterocycles. The number of alkyl halides is 2. The van der Waals surface area contributed by atoms with Gasteiger partial charge in [0.2, 0.25) is 11.0 Å². The molecular formula is C19H16Cl2F2N4O2S. The topological polar surface area (TPSA) is 61.5 Å². The number of hydrogen-bond donors (Lipinski definition) is 0. The summed E-state index contributed by atoms with van der Waals surface area (Å²) in [6.07, 6.45) is 0.338. The fraction of sp³-hybridized carbons (Fsp3) is 0.211. The third-order valence-corrected chi connectivity index (χ3v) is 5.15. The first kappa shape index (κ1) is 22.3. The van der Waals surface area contributed by atoms with E-state index in [4.69, 9.17) is 32.7 Å². The minimum atomic E-state index is -2.80. The molecule has 6 nitrogen and oxygen atoms in total. The molecule has 0 aliphatic heterocycles. The number of rotatable bonds is 8. The Bertz CT molecular complexity index is 1040. The van der Waals surface area contributed by atoms with Crippen molar-refractivity contribution >= 4 is 41.2 Å². The van der Waals surface area contributed by atoms with Gasteiger partial charge in [-0.25, -0.2) is 8.78 Å². The van der Waals surface area contributed by atoms with Gasteiger partial charge in [0.05, 0.1) is 23.4 Å². The monoisotopic (exact) mass is 472 g/mol. The number of para-hydroxylation sites is 1. The lowest BCUT2D eigenvalue weighted by Crippen LogP contribution is -2.02. The van der Waals surface area contributed by atoms with Crippen molar-refractivity contribution in [2.75, 3.05) is 13.4 Å². The van der Waals surface area contributed by atoms with Gasteiger partial charge in [-0.05, 0) is 42.2 Å². The van der Waals surface area contributed by atoms with Crippen molar-refractivity contribution in [3.63, 3.8) is 0 Å². The van der Waals surface area contributed by atoms with Gasteiger partial charge in [-0.15, -0.1) is 10.2 Å². The third kappa shape index (κ3) is 5.03. The van der Waals surface area contributed by atoms with E-state index in [-0.39, 0.29) is 11.8 Å². The predicted molar refractivity (Wildman–Crippen MR) is 114 cm³/mol. The second kappa shape index (κ2) is 10.1. The maximum absolute atomic E-state index is 13.1. The van der Waals surface area contributed by atoms with Crippen molar-refractivity contribution in [3.8, 4) is 11.5 Å². The Kier molecular flexibility index (Phi) is 7.52. The van der Waals surface area contributed by atoms with Crippen LogP contribution in [0.4, 0.5) is 8.78 Å². The number of thioether (sulfide) groups is 1. The summed E-state index contributed by atoms with van der Waals surface area (Å²) in [5.74, 6) is 0.413. The van der Waals surface area contributed by atoms with Crippen molar-refractivity contribution in [2.24, 2.45) is 5.10 Å². The maximum Gasteiger partial charge on any atom is 0.299 e. The van der Waals surface area contributed by atoms with Crippen LogP contribution in [0.15, 0.2) is 46.7 Å². The van der Waals surface area contributed by atoms with Gasteiger partial charge in [-0.2, -0.15) is 9.78 Å². The normalized spacial score (nSPS) is 11.4. The highest BCUT2D eigenvalue weighted by molar-refractivity contribution is 7.98. The first-order chi connectivity index (χ1) is 14.4. The molecule has 0 radical (unpaired) electrons. The highest BCUT2D eigenvalue weighted by atomic mass is 35.5. The molecule has 3 rings (SSSR count). The summed E-state index contributed by atoms with van der Waals surface area (Å²) in [7, 11) is 1.53. The van der Waals surface area contributed by atoms with Crippen LogP contribution in [-0.2, 0) is 6.61 Å². The van der Waals surface area contributed by atoms with Crippen LogP contribution in [0.2, 0.25) is 10.0 Å². The molecule has 3 aromatic rings. The molecule has 0 amide bonds. The second-order valence-electron chi connectivity index (χ2n) is 5.81. The van der Waals surface area contributed by atoms with Crippen LogP contribution < -0.4 is 9.47 Å². The van der Waals surface area contributed by atoms with Crippen molar-refractivity contribution in [1.29, 1.82) is 0 Å². The standard InChI is InChI=1S/C19H16Cl2F2N4O2S/c1-28-15-7-6-11(9-24-27-18(17(22)23)25-26-19(27)30-2)8-12(15)10-29-16-13(20)4-3-5-14(16)21/h3-9,17H,10H2,1-2H3/b24-9+. The molecule has 0 unspecified atom stereocenters. The lowest BCUT2D eigenvalue weighted by molar-refractivity contribution is 0.135. The minimum Gasteiger partial charge on any atom is -0.496 e. The van der Waals surface area contributed by atoms with E-state index in [0.717, 1.165) is 16.4 Å². The molecular weight excluding hydrogens is 457 g/mol. The second-order valence-corrected chi connectivity index (χ2v) is 7.40. The van der Waals surface area contributed by atoms with Gasteiger partial charge in [0.25, 0.3) is 6.43 Å². The van der Waals surface area contributed by atoms with Crippen LogP contribution in [0.5, 0.6) is 11.5 Å². The summed E-state index contributed by atoms with van der Waals surface area (Å²) < 4.78 is 38.4. The van der Waals surface area contributed by atoms with E-state index in [1.54, 1.807) is 42.7 Å². The highest BCUT2D eigenvalue weighted by Crippen LogP contribution is 2.33. The van der Waals surface area contributed by atoms with E-state index >= 15 is 0 Å². The summed E-state index contributed by atoms with van der Waals surface area (Å²) in [5, 5.41) is 12.3. The van der Waals surface area contributed by atoms with Crippen molar-refractivity contribution in [2.45, 2.75) is 18.2 Å². The Balaban J connectivity index is 1.86. The third-order valence-electron chi connectivity index (χ3n) is 3.93. The number of methoxy groups -OCH3 is 1. The molecule has 0 N–H and O–H groups in total. The number of hydrogen-bond acceptors (Lipinski definition) is 6. The fourth-order valence-corrected chi connectivity index (χ4v) is 3.48. The molecule has 30 heavy (non-hydrogen) atoms. The van der Waals surface area contributed by atoms with E-state index < -0.39 is 12.2 Å². The van der Waals surface area contributed by atoms with Crippen molar-refractivity contribution in [1.82, 2.24) is 14.9 Å². The van der Waals surface area contributed by atoms with Gasteiger partial charge >= 0.3 is 0 Å². The first-order valence-corrected chi connectivity index (χ1v) is 10.5. The summed E-state index contributed by atoms with van der Waals surface area (Å²) in [4.78, 5) is 0. The quantitative estimate of drug-likeness (QED) is 0.310. The zero-order valence-corrected chi connectivity index (χ0v) is 18.2. The number of nitrogens with zero attached hydrogens (tertiary/aromatic N) is 4. The van der Waals surface area contributed by atoms with Gasteiger partial charge in [-0.3, -0.25) is 0 Å². The molecule has 0 atom stereocenters. The van der Waals surface area contributed by atoms with E-state index in [9.17, 15) is 8.78 Å². The summed E-state index contributed by atoms with van der Waals surface area (Å²) in [5.41, 5.74) is 1.33. The number of aromatic nitrogens is 3. The zero-order valence-electron chi connectivity index (χ0n) is 15.9. The van der Waals surface area contributed by atoms with Crippen LogP contribution in [0, 0.1) is 0 Å². The molecule has 158 valence electrons. The van der Waals surface area contributed by atoms with Gasteiger partial charge in [0.15, 0.2) is 5.75 Å². The highest BCUT2D eigenvalue weighted by Gasteiger charge is 2.19. The fourth-order valence-electron chi connectivity index (χ4n) is 2.53. The molecule has 2 aromatic carbocycles. The van der Waals surface area contributed by atoms with Gasteiger partial charge in [-0.1, -0.05) is 41.0 Å². The van der Waals surface area contributed by atoms with Gasteiger partial charge in [0, 0.05) is 5.56 Å². The Labute approximate surface area is 185 Å². The minimum absolute atomic E-state index is 0.124. The van der Waals surface area contributed by atoms with Gasteiger partial charge in [0.1, 0.15) is 12.4 Å². The summed E-state index contributed by atoms with van der Waals surface area (Å²) in [6.45, 7) is 0.124. The van der Waals surface area contributed by atoms with E-state index in [2.05, 4.69) is 15.3 Å². The molecule has 0 bridgehead atoms. The molecule has 11 heteroatoms. The molecule has 0 aliphatic carbocycles. The molecule has 0 saturated carbocycles. The largest absolute Gasteiger partial charge is 0.496 e. The average Bonchev–Trinajstić information content (AvgIpc) is 3.15. The van der Waals surface area contributed by atoms with Crippen LogP contribution in [0.1, 0.15) is 23.4 Å². The van der Waals surface area contributed by atoms with Crippen molar-refractivity contribution in [3.05, 3.63) is 63.4 Å². The van der Waals surface area contributed by atoms with Gasteiger partial charge < -0.3 is 9.47 Å².